The number of carbonyl (C=O) groups excluding carboxylic acids is 3. The fourth-order valence-electron chi connectivity index (χ4n) is 4.40. The monoisotopic (exact) mass is 521 g/mol. The molecular weight excluding hydrogens is 478 g/mol. The maximum Gasteiger partial charge on any atom is 0.408 e. The molecule has 0 aromatic heterocycles. The minimum absolute atomic E-state index is 0.0661. The number of hydrogen-bond acceptors (Lipinski definition) is 4. The number of nitrogens with zero attached hydrogens (tertiary/aromatic N) is 1. The number of carbonyl (C=O) groups is 3. The van der Waals surface area contributed by atoms with Crippen molar-refractivity contribution in [3.63, 3.8) is 0 Å². The van der Waals surface area contributed by atoms with Crippen molar-refractivity contribution in [3.8, 4) is 0 Å². The maximum absolute atomic E-state index is 14.2. The number of hydrogen-bond donors (Lipinski definition) is 2. The highest BCUT2D eigenvalue weighted by atomic mass is 16.6. The zero-order valence-electron chi connectivity index (χ0n) is 23.8. The Kier molecular flexibility index (Phi) is 9.58. The van der Waals surface area contributed by atoms with Crippen molar-refractivity contribution in [2.75, 3.05) is 0 Å². The molecule has 2 aromatic carbocycles. The predicted octanol–water partition coefficient (Wildman–Crippen LogP) is 5.59. The van der Waals surface area contributed by atoms with Crippen molar-refractivity contribution in [2.45, 2.75) is 98.0 Å². The number of amides is 3. The van der Waals surface area contributed by atoms with Gasteiger partial charge in [0.15, 0.2) is 0 Å². The Labute approximate surface area is 227 Å². The summed E-state index contributed by atoms with van der Waals surface area (Å²) >= 11 is 0. The van der Waals surface area contributed by atoms with Gasteiger partial charge in [-0.15, -0.1) is 0 Å². The SMILES string of the molecule is CCC(C)C(NC(=O)OC(C)(C)C)C(=O)N(C1CC1)C(C(=O)NCc1ccccc1)c1ccc(C)c(C)c1. The molecule has 0 saturated heterocycles. The van der Waals surface area contributed by atoms with Gasteiger partial charge in [-0.25, -0.2) is 4.79 Å². The van der Waals surface area contributed by atoms with Crippen LogP contribution in [0.25, 0.3) is 0 Å². The molecule has 1 aliphatic rings. The molecule has 7 nitrogen and oxygen atoms in total. The first-order chi connectivity index (χ1) is 17.9. The van der Waals surface area contributed by atoms with Gasteiger partial charge in [-0.2, -0.15) is 0 Å². The quantitative estimate of drug-likeness (QED) is 0.427. The first kappa shape index (κ1) is 29.2. The van der Waals surface area contributed by atoms with Crippen molar-refractivity contribution in [1.82, 2.24) is 15.5 Å². The summed E-state index contributed by atoms with van der Waals surface area (Å²) in [5, 5.41) is 5.89. The van der Waals surface area contributed by atoms with Crippen LogP contribution in [-0.4, -0.2) is 40.5 Å². The van der Waals surface area contributed by atoms with Crippen LogP contribution < -0.4 is 10.6 Å². The lowest BCUT2D eigenvalue weighted by atomic mass is 9.94. The molecular formula is C31H43N3O4. The fourth-order valence-corrected chi connectivity index (χ4v) is 4.40. The second-order valence-electron chi connectivity index (χ2n) is 11.4. The van der Waals surface area contributed by atoms with Crippen molar-refractivity contribution in [1.29, 1.82) is 0 Å². The zero-order chi connectivity index (χ0) is 28.0. The van der Waals surface area contributed by atoms with Gasteiger partial charge < -0.3 is 20.3 Å². The van der Waals surface area contributed by atoms with Crippen LogP contribution in [0.5, 0.6) is 0 Å². The van der Waals surface area contributed by atoms with E-state index in [2.05, 4.69) is 10.6 Å². The molecule has 3 unspecified atom stereocenters. The summed E-state index contributed by atoms with van der Waals surface area (Å²) in [6.07, 6.45) is 1.68. The summed E-state index contributed by atoms with van der Waals surface area (Å²) in [5.41, 5.74) is 3.22. The highest BCUT2D eigenvalue weighted by Crippen LogP contribution is 2.37. The highest BCUT2D eigenvalue weighted by Gasteiger charge is 2.45. The molecule has 0 aliphatic heterocycles. The molecule has 3 amide bonds. The van der Waals surface area contributed by atoms with Crippen LogP contribution in [0.4, 0.5) is 4.79 Å². The third kappa shape index (κ3) is 7.83. The molecule has 1 saturated carbocycles. The molecule has 1 aliphatic carbocycles. The van der Waals surface area contributed by atoms with Crippen molar-refractivity contribution < 1.29 is 19.1 Å². The van der Waals surface area contributed by atoms with Crippen molar-refractivity contribution in [2.24, 2.45) is 5.92 Å². The summed E-state index contributed by atoms with van der Waals surface area (Å²) in [5.74, 6) is -0.646. The highest BCUT2D eigenvalue weighted by molar-refractivity contribution is 5.92. The smallest absolute Gasteiger partial charge is 0.408 e. The molecule has 0 bridgehead atoms. The Morgan fingerprint density at radius 3 is 2.24 bits per heavy atom. The van der Waals surface area contributed by atoms with Crippen molar-refractivity contribution in [3.05, 3.63) is 70.8 Å². The lowest BCUT2D eigenvalue weighted by Gasteiger charge is -2.36. The van der Waals surface area contributed by atoms with E-state index in [1.54, 1.807) is 25.7 Å². The zero-order valence-corrected chi connectivity index (χ0v) is 23.8. The Hall–Kier alpha value is -3.35. The lowest BCUT2D eigenvalue weighted by molar-refractivity contribution is -0.144. The second-order valence-corrected chi connectivity index (χ2v) is 11.4. The van der Waals surface area contributed by atoms with Crippen LogP contribution in [0.15, 0.2) is 48.5 Å². The normalized spacial score (nSPS) is 15.7. The lowest BCUT2D eigenvalue weighted by Crippen LogP contribution is -2.55. The summed E-state index contributed by atoms with van der Waals surface area (Å²) in [4.78, 5) is 42.5. The van der Waals surface area contributed by atoms with Gasteiger partial charge in [0, 0.05) is 12.6 Å². The Bertz CT molecular complexity index is 1120. The average Bonchev–Trinajstić information content (AvgIpc) is 3.70. The van der Waals surface area contributed by atoms with E-state index in [1.807, 2.05) is 76.2 Å². The van der Waals surface area contributed by atoms with Crippen LogP contribution in [0.1, 0.15) is 82.2 Å². The number of benzene rings is 2. The summed E-state index contributed by atoms with van der Waals surface area (Å²) in [6, 6.07) is 13.9. The van der Waals surface area contributed by atoms with Crippen LogP contribution in [0, 0.1) is 19.8 Å². The van der Waals surface area contributed by atoms with Gasteiger partial charge in [0.2, 0.25) is 11.8 Å². The van der Waals surface area contributed by atoms with E-state index in [0.717, 1.165) is 35.1 Å². The van der Waals surface area contributed by atoms with Gasteiger partial charge >= 0.3 is 6.09 Å². The standard InChI is InChI=1S/C31H43N3O4/c1-8-20(2)26(33-30(37)38-31(5,6)7)29(36)34(25-16-17-25)27(24-15-14-21(3)22(4)18-24)28(35)32-19-23-12-10-9-11-13-23/h9-15,18,20,25-27H,8,16-17,19H2,1-7H3,(H,32,35)(H,33,37). The average molecular weight is 522 g/mol. The van der Waals surface area contributed by atoms with Gasteiger partial charge in [0.1, 0.15) is 17.7 Å². The molecule has 7 heteroatoms. The molecule has 206 valence electrons. The van der Waals surface area contributed by atoms with Gasteiger partial charge in [0.25, 0.3) is 0 Å². The molecule has 38 heavy (non-hydrogen) atoms. The second kappa shape index (κ2) is 12.5. The number of rotatable bonds is 10. The minimum Gasteiger partial charge on any atom is -0.444 e. The predicted molar refractivity (Wildman–Crippen MR) is 149 cm³/mol. The van der Waals surface area contributed by atoms with Gasteiger partial charge in [-0.05, 0) is 75.6 Å². The molecule has 2 N–H and O–H groups in total. The summed E-state index contributed by atoms with van der Waals surface area (Å²) in [7, 11) is 0. The number of alkyl carbamates (subject to hydrolysis) is 1. The van der Waals surface area contributed by atoms with Gasteiger partial charge in [-0.1, -0.05) is 68.8 Å². The van der Waals surface area contributed by atoms with Gasteiger partial charge in [0.05, 0.1) is 0 Å². The van der Waals surface area contributed by atoms with Gasteiger partial charge in [-0.3, -0.25) is 9.59 Å². The molecule has 2 aromatic rings. The first-order valence-corrected chi connectivity index (χ1v) is 13.6. The summed E-state index contributed by atoms with van der Waals surface area (Å²) in [6.45, 7) is 13.7. The van der Waals surface area contributed by atoms with Crippen LogP contribution >= 0.6 is 0 Å². The number of ether oxygens (including phenoxy) is 1. The Morgan fingerprint density at radius 2 is 1.68 bits per heavy atom. The van der Waals surface area contributed by atoms with E-state index in [4.69, 9.17) is 4.74 Å². The molecule has 3 rings (SSSR count). The topological polar surface area (TPSA) is 87.7 Å². The first-order valence-electron chi connectivity index (χ1n) is 13.6. The van der Waals surface area contributed by atoms with E-state index in [0.29, 0.717) is 13.0 Å². The van der Waals surface area contributed by atoms with Crippen LogP contribution in [-0.2, 0) is 20.9 Å². The molecule has 3 atom stereocenters. The van der Waals surface area contributed by atoms with E-state index in [-0.39, 0.29) is 23.8 Å². The van der Waals surface area contributed by atoms with E-state index < -0.39 is 23.8 Å². The van der Waals surface area contributed by atoms with E-state index in [1.165, 1.54) is 0 Å². The fraction of sp³-hybridized carbons (Fsp3) is 0.516. The van der Waals surface area contributed by atoms with Crippen LogP contribution in [0.2, 0.25) is 0 Å². The molecule has 0 heterocycles. The minimum atomic E-state index is -0.815. The van der Waals surface area contributed by atoms with Crippen LogP contribution in [0.3, 0.4) is 0 Å². The van der Waals surface area contributed by atoms with E-state index in [9.17, 15) is 14.4 Å². The Balaban J connectivity index is 1.97. The number of nitrogens with one attached hydrogen (secondary N) is 2. The third-order valence-electron chi connectivity index (χ3n) is 7.03. The Morgan fingerprint density at radius 1 is 1.03 bits per heavy atom. The van der Waals surface area contributed by atoms with Crippen molar-refractivity contribution >= 4 is 17.9 Å². The molecule has 0 radical (unpaired) electrons. The van der Waals surface area contributed by atoms with E-state index >= 15 is 0 Å². The largest absolute Gasteiger partial charge is 0.444 e. The third-order valence-corrected chi connectivity index (χ3v) is 7.03. The summed E-state index contributed by atoms with van der Waals surface area (Å²) < 4.78 is 5.48. The maximum atomic E-state index is 14.2. The number of aryl methyl sites for hydroxylation is 2. The molecule has 0 spiro atoms. The molecule has 1 fully saturated rings.